The van der Waals surface area contributed by atoms with Gasteiger partial charge >= 0.3 is 0 Å². The molecule has 2 aromatic carbocycles. The Bertz CT molecular complexity index is 1080. The fourth-order valence-electron chi connectivity index (χ4n) is 2.99. The molecule has 32 heavy (non-hydrogen) atoms. The molecule has 0 unspecified atom stereocenters. The van der Waals surface area contributed by atoms with E-state index >= 15 is 0 Å². The van der Waals surface area contributed by atoms with Gasteiger partial charge in [0.1, 0.15) is 11.1 Å². The van der Waals surface area contributed by atoms with Crippen LogP contribution in [0, 0.1) is 5.82 Å². The van der Waals surface area contributed by atoms with Crippen molar-refractivity contribution < 1.29 is 14.0 Å². The second kappa shape index (κ2) is 10.2. The molecule has 9 heteroatoms. The number of carbonyl (C=O) groups is 2. The molecule has 0 aliphatic carbocycles. The van der Waals surface area contributed by atoms with E-state index < -0.39 is 17.0 Å². The minimum atomic E-state index is -0.697. The summed E-state index contributed by atoms with van der Waals surface area (Å²) in [7, 11) is 3.97. The van der Waals surface area contributed by atoms with E-state index in [0.717, 1.165) is 27.9 Å². The van der Waals surface area contributed by atoms with Crippen LogP contribution in [0.5, 0.6) is 0 Å². The first-order chi connectivity index (χ1) is 15.2. The molecule has 0 aromatic heterocycles. The van der Waals surface area contributed by atoms with Gasteiger partial charge in [-0.3, -0.25) is 9.59 Å². The third kappa shape index (κ3) is 5.82. The van der Waals surface area contributed by atoms with E-state index in [1.165, 1.54) is 24.3 Å². The van der Waals surface area contributed by atoms with E-state index in [9.17, 15) is 14.0 Å². The number of hydrogen-bond acceptors (Lipinski definition) is 6. The van der Waals surface area contributed by atoms with Crippen LogP contribution in [0.4, 0.5) is 15.8 Å². The van der Waals surface area contributed by atoms with Crippen LogP contribution in [-0.2, 0) is 9.59 Å². The van der Waals surface area contributed by atoms with Crippen molar-refractivity contribution in [2.75, 3.05) is 23.9 Å². The number of thioether (sulfide) groups is 1. The third-order valence-electron chi connectivity index (χ3n) is 4.69. The minimum absolute atomic E-state index is 0.0113. The highest BCUT2D eigenvalue weighted by Gasteiger charge is 2.40. The molecule has 166 valence electrons. The van der Waals surface area contributed by atoms with Gasteiger partial charge < -0.3 is 10.6 Å². The maximum atomic E-state index is 13.1. The molecule has 1 atom stereocenters. The number of benzene rings is 2. The van der Waals surface area contributed by atoms with Gasteiger partial charge in [0.25, 0.3) is 0 Å². The first kappa shape index (κ1) is 23.2. The largest absolute Gasteiger partial charge is 0.378 e. The van der Waals surface area contributed by atoms with Crippen LogP contribution < -0.4 is 15.5 Å². The van der Waals surface area contributed by atoms with E-state index in [-0.39, 0.29) is 17.5 Å². The summed E-state index contributed by atoms with van der Waals surface area (Å²) in [6.07, 6.45) is 3.71. The van der Waals surface area contributed by atoms with Crippen molar-refractivity contribution in [2.24, 2.45) is 15.9 Å². The summed E-state index contributed by atoms with van der Waals surface area (Å²) in [5.74, 6) is -1.22. The number of carbonyl (C=O) groups excluding carboxylic acids is 2. The molecule has 3 rings (SSSR count). The Morgan fingerprint density at radius 1 is 1.12 bits per heavy atom. The highest BCUT2D eigenvalue weighted by molar-refractivity contribution is 8.14. The van der Waals surface area contributed by atoms with Crippen molar-refractivity contribution in [3.05, 3.63) is 66.0 Å². The van der Waals surface area contributed by atoms with Crippen LogP contribution >= 0.6 is 11.8 Å². The molecule has 1 heterocycles. The fourth-order valence-corrected chi connectivity index (χ4v) is 3.80. The molecule has 0 bridgehead atoms. The fraction of sp³-hybridized carbons (Fsp3) is 0.217. The second-order valence-electron chi connectivity index (χ2n) is 7.35. The first-order valence-corrected chi connectivity index (χ1v) is 10.7. The average Bonchev–Trinajstić information content (AvgIpc) is 3.04. The van der Waals surface area contributed by atoms with Gasteiger partial charge in [-0.2, -0.15) is 5.10 Å². The highest BCUT2D eigenvalue weighted by Crippen LogP contribution is 2.29. The Balaban J connectivity index is 1.61. The molecule has 2 aromatic rings. The van der Waals surface area contributed by atoms with Crippen LogP contribution in [0.15, 0.2) is 64.8 Å². The minimum Gasteiger partial charge on any atom is -0.378 e. The van der Waals surface area contributed by atoms with Crippen molar-refractivity contribution in [2.45, 2.75) is 18.6 Å². The smallest absolute Gasteiger partial charge is 0.247 e. The number of halogens is 1. The number of rotatable bonds is 6. The SMILES string of the molecule is CC(/C=C/c1ccc(N(C)C)cc1)=N/N=C(N)S[C@H]1CC(=O)N(c2ccc(F)cc2)C1=O. The summed E-state index contributed by atoms with van der Waals surface area (Å²) in [4.78, 5) is 28.0. The lowest BCUT2D eigenvalue weighted by Crippen LogP contribution is -2.31. The van der Waals surface area contributed by atoms with Gasteiger partial charge in [-0.05, 0) is 55.0 Å². The number of imide groups is 1. The van der Waals surface area contributed by atoms with Crippen molar-refractivity contribution in [1.29, 1.82) is 0 Å². The Kier molecular flexibility index (Phi) is 7.42. The van der Waals surface area contributed by atoms with E-state index in [2.05, 4.69) is 10.2 Å². The summed E-state index contributed by atoms with van der Waals surface area (Å²) < 4.78 is 13.1. The predicted molar refractivity (Wildman–Crippen MR) is 129 cm³/mol. The number of allylic oxidation sites excluding steroid dienone is 1. The lowest BCUT2D eigenvalue weighted by molar-refractivity contribution is -0.121. The molecule has 1 aliphatic rings. The normalized spacial score (nSPS) is 17.5. The lowest BCUT2D eigenvalue weighted by atomic mass is 10.2. The zero-order valence-electron chi connectivity index (χ0n) is 18.0. The maximum Gasteiger partial charge on any atom is 0.247 e. The molecule has 2 amide bonds. The summed E-state index contributed by atoms with van der Waals surface area (Å²) in [6.45, 7) is 1.78. The molecule has 7 nitrogen and oxygen atoms in total. The van der Waals surface area contributed by atoms with Gasteiger partial charge in [0, 0.05) is 26.2 Å². The number of amidine groups is 1. The van der Waals surface area contributed by atoms with Gasteiger partial charge in [0.2, 0.25) is 11.8 Å². The van der Waals surface area contributed by atoms with Gasteiger partial charge in [-0.25, -0.2) is 9.29 Å². The Hall–Kier alpha value is -3.46. The standard InChI is InChI=1S/C23H24FN5O2S/c1-15(4-5-16-6-10-18(11-7-16)28(2)3)26-27-23(25)32-20-14-21(30)29(22(20)31)19-12-8-17(24)9-13-19/h4-13,20H,14H2,1-3H3,(H2,25,27)/b5-4+,26-15-/t20-/m0/s1. The molecular formula is C23H24FN5O2S. The van der Waals surface area contributed by atoms with Crippen molar-refractivity contribution in [1.82, 2.24) is 0 Å². The zero-order valence-corrected chi connectivity index (χ0v) is 18.8. The Morgan fingerprint density at radius 3 is 2.41 bits per heavy atom. The quantitative estimate of drug-likeness (QED) is 0.312. The van der Waals surface area contributed by atoms with Gasteiger partial charge in [-0.1, -0.05) is 30.0 Å². The van der Waals surface area contributed by atoms with E-state index in [1.807, 2.05) is 55.4 Å². The van der Waals surface area contributed by atoms with Crippen LogP contribution in [0.3, 0.4) is 0 Å². The van der Waals surface area contributed by atoms with Gasteiger partial charge in [0.05, 0.1) is 11.4 Å². The monoisotopic (exact) mass is 453 g/mol. The van der Waals surface area contributed by atoms with Crippen molar-refractivity contribution in [3.63, 3.8) is 0 Å². The molecule has 0 radical (unpaired) electrons. The molecule has 0 spiro atoms. The lowest BCUT2D eigenvalue weighted by Gasteiger charge is -2.14. The third-order valence-corrected chi connectivity index (χ3v) is 5.66. The van der Waals surface area contributed by atoms with Crippen LogP contribution in [0.2, 0.25) is 0 Å². The maximum absolute atomic E-state index is 13.1. The van der Waals surface area contributed by atoms with Crippen molar-refractivity contribution in [3.8, 4) is 0 Å². The van der Waals surface area contributed by atoms with Crippen LogP contribution in [-0.4, -0.2) is 42.0 Å². The Morgan fingerprint density at radius 2 is 1.78 bits per heavy atom. The van der Waals surface area contributed by atoms with Gasteiger partial charge in [0.15, 0.2) is 5.17 Å². The zero-order chi connectivity index (χ0) is 23.3. The van der Waals surface area contributed by atoms with E-state index in [0.29, 0.717) is 11.4 Å². The van der Waals surface area contributed by atoms with E-state index in [1.54, 1.807) is 6.92 Å². The topological polar surface area (TPSA) is 91.4 Å². The van der Waals surface area contributed by atoms with E-state index in [4.69, 9.17) is 5.73 Å². The number of nitrogens with two attached hydrogens (primary N) is 1. The average molecular weight is 454 g/mol. The van der Waals surface area contributed by atoms with Crippen LogP contribution in [0.1, 0.15) is 18.9 Å². The number of anilines is 2. The molecule has 1 fully saturated rings. The molecule has 2 N–H and O–H groups in total. The summed E-state index contributed by atoms with van der Waals surface area (Å²) in [5.41, 5.74) is 9.01. The molecule has 1 aliphatic heterocycles. The van der Waals surface area contributed by atoms with Crippen molar-refractivity contribution >= 4 is 51.9 Å². The number of amides is 2. The number of nitrogens with zero attached hydrogens (tertiary/aromatic N) is 4. The summed E-state index contributed by atoms with van der Waals surface area (Å²) >= 11 is 0.987. The summed E-state index contributed by atoms with van der Waals surface area (Å²) in [6, 6.07) is 13.2. The second-order valence-corrected chi connectivity index (χ2v) is 8.58. The first-order valence-electron chi connectivity index (χ1n) is 9.87. The molecular weight excluding hydrogens is 429 g/mol. The van der Waals surface area contributed by atoms with Gasteiger partial charge in [-0.15, -0.1) is 5.10 Å². The highest BCUT2D eigenvalue weighted by atomic mass is 32.2. The number of hydrogen-bond donors (Lipinski definition) is 1. The predicted octanol–water partition coefficient (Wildman–Crippen LogP) is 3.66. The summed E-state index contributed by atoms with van der Waals surface area (Å²) in [5, 5.41) is 7.42. The Labute approximate surface area is 190 Å². The molecule has 1 saturated heterocycles. The molecule has 0 saturated carbocycles. The van der Waals surface area contributed by atoms with Crippen LogP contribution in [0.25, 0.3) is 6.08 Å².